The summed E-state index contributed by atoms with van der Waals surface area (Å²) >= 11 is 0. The number of hydrogen-bond donors (Lipinski definition) is 0. The largest absolute Gasteiger partial charge is 0.323 e. The fourth-order valence-electron chi connectivity index (χ4n) is 5.97. The molecule has 2 heteroatoms. The summed E-state index contributed by atoms with van der Waals surface area (Å²) in [5, 5.41) is 0. The van der Waals surface area contributed by atoms with Gasteiger partial charge in [-0.1, -0.05) is 151 Å². The van der Waals surface area contributed by atoms with Crippen LogP contribution in [0.4, 0.5) is 0 Å². The van der Waals surface area contributed by atoms with Gasteiger partial charge in [0, 0.05) is 16.7 Å². The van der Waals surface area contributed by atoms with Gasteiger partial charge in [-0.15, -0.1) is 0 Å². The molecule has 0 spiro atoms. The second kappa shape index (κ2) is 8.79. The van der Waals surface area contributed by atoms with Crippen LogP contribution in [0.1, 0.15) is 33.4 Å². The Balaban J connectivity index is 1.66. The highest BCUT2D eigenvalue weighted by atomic mass is 16.6. The minimum Gasteiger partial charge on any atom is -0.323 e. The second-order valence-corrected chi connectivity index (χ2v) is 9.97. The number of fused-ring (bicyclic) bond motifs is 2. The van der Waals surface area contributed by atoms with Crippen molar-refractivity contribution in [1.29, 1.82) is 0 Å². The topological polar surface area (TPSA) is 21.6 Å². The van der Waals surface area contributed by atoms with Gasteiger partial charge in [0.15, 0.2) is 5.60 Å². The molecule has 2 nitrogen and oxygen atoms in total. The van der Waals surface area contributed by atoms with Gasteiger partial charge < -0.3 is 4.74 Å². The number of ether oxygens (including phenoxy) is 1. The molecule has 38 heavy (non-hydrogen) atoms. The van der Waals surface area contributed by atoms with Crippen LogP contribution in [0.3, 0.4) is 0 Å². The lowest BCUT2D eigenvalue weighted by Gasteiger charge is -2.32. The highest BCUT2D eigenvalue weighted by Crippen LogP contribution is 2.65. The molecule has 2 aliphatic rings. The molecule has 5 aromatic rings. The summed E-state index contributed by atoms with van der Waals surface area (Å²) < 4.78 is 7.48. The average molecular weight is 490 g/mol. The maximum Gasteiger partial charge on any atom is 0.214 e. The standard InChI is InChI=1S/C36H27NO/c1-26-22-24-31(25-23-26)36-33(28-16-8-3-9-17-28)32(27-14-6-2-7-15-27)35(38-36,30-20-12-5-13-21-30)34(37-36)29-18-10-4-11-19-29/h2-25H,1H3. The lowest BCUT2D eigenvalue weighted by molar-refractivity contribution is -0.0243. The zero-order valence-electron chi connectivity index (χ0n) is 21.2. The first-order valence-electron chi connectivity index (χ1n) is 13.1. The molecule has 0 amide bonds. The number of aliphatic imine (C=N–C) groups is 1. The van der Waals surface area contributed by atoms with Crippen molar-refractivity contribution in [2.45, 2.75) is 18.2 Å². The van der Waals surface area contributed by atoms with Crippen LogP contribution in [0.15, 0.2) is 151 Å². The monoisotopic (exact) mass is 489 g/mol. The fraction of sp³-hybridized carbons (Fsp3) is 0.0833. The summed E-state index contributed by atoms with van der Waals surface area (Å²) in [5.41, 5.74) is 7.89. The van der Waals surface area contributed by atoms with E-state index in [1.54, 1.807) is 0 Å². The van der Waals surface area contributed by atoms with Crippen LogP contribution in [0.5, 0.6) is 0 Å². The second-order valence-electron chi connectivity index (χ2n) is 9.97. The normalized spacial score (nSPS) is 22.0. The predicted octanol–water partition coefficient (Wildman–Crippen LogP) is 8.19. The zero-order valence-corrected chi connectivity index (χ0v) is 21.2. The molecule has 0 aromatic heterocycles. The highest BCUT2D eigenvalue weighted by molar-refractivity contribution is 6.23. The Morgan fingerprint density at radius 3 is 1.50 bits per heavy atom. The SMILES string of the molecule is Cc1ccc(C23N=C(c4ccccc4)C(c4ccccc4)(O2)C(c2ccccc2)=C3c2ccccc2)cc1. The minimum absolute atomic E-state index is 0.889. The molecule has 182 valence electrons. The Labute approximate surface area is 223 Å². The van der Waals surface area contributed by atoms with Gasteiger partial charge in [-0.05, 0) is 29.2 Å². The van der Waals surface area contributed by atoms with E-state index >= 15 is 0 Å². The van der Waals surface area contributed by atoms with Gasteiger partial charge >= 0.3 is 0 Å². The molecule has 2 aliphatic heterocycles. The van der Waals surface area contributed by atoms with Crippen molar-refractivity contribution in [3.8, 4) is 0 Å². The van der Waals surface area contributed by atoms with Gasteiger partial charge in [0.1, 0.15) is 0 Å². The molecule has 0 radical (unpaired) electrons. The number of dihydropyridines is 1. The van der Waals surface area contributed by atoms with Gasteiger partial charge in [-0.25, -0.2) is 4.99 Å². The maximum atomic E-state index is 7.48. The summed E-state index contributed by atoms with van der Waals surface area (Å²) in [6, 6.07) is 50.9. The third-order valence-electron chi connectivity index (χ3n) is 7.64. The number of nitrogens with zero attached hydrogens (tertiary/aromatic N) is 1. The Bertz CT molecular complexity index is 1660. The molecule has 2 bridgehead atoms. The third-order valence-corrected chi connectivity index (χ3v) is 7.64. The maximum absolute atomic E-state index is 7.48. The first-order valence-corrected chi connectivity index (χ1v) is 13.1. The predicted molar refractivity (Wildman–Crippen MR) is 155 cm³/mol. The average Bonchev–Trinajstić information content (AvgIpc) is 3.51. The minimum atomic E-state index is -0.999. The summed E-state index contributed by atoms with van der Waals surface area (Å²) in [6.45, 7) is 2.11. The van der Waals surface area contributed by atoms with E-state index in [-0.39, 0.29) is 0 Å². The first kappa shape index (κ1) is 22.7. The van der Waals surface area contributed by atoms with Crippen molar-refractivity contribution < 1.29 is 4.74 Å². The van der Waals surface area contributed by atoms with Crippen LogP contribution in [0.25, 0.3) is 11.1 Å². The van der Waals surface area contributed by atoms with Crippen LogP contribution in [0, 0.1) is 6.92 Å². The number of benzene rings is 5. The third kappa shape index (κ3) is 3.27. The highest BCUT2D eigenvalue weighted by Gasteiger charge is 2.65. The van der Waals surface area contributed by atoms with Crippen molar-refractivity contribution >= 4 is 16.9 Å². The van der Waals surface area contributed by atoms with E-state index in [9.17, 15) is 0 Å². The molecule has 0 aliphatic carbocycles. The van der Waals surface area contributed by atoms with Crippen LogP contribution in [0.2, 0.25) is 0 Å². The molecule has 2 atom stereocenters. The van der Waals surface area contributed by atoms with E-state index < -0.39 is 11.3 Å². The van der Waals surface area contributed by atoms with E-state index in [2.05, 4.69) is 146 Å². The van der Waals surface area contributed by atoms with Gasteiger partial charge in [0.05, 0.1) is 5.71 Å². The van der Waals surface area contributed by atoms with Crippen molar-refractivity contribution in [1.82, 2.24) is 0 Å². The molecule has 2 heterocycles. The molecule has 2 unspecified atom stereocenters. The molecule has 5 aromatic carbocycles. The molecule has 0 saturated carbocycles. The van der Waals surface area contributed by atoms with Gasteiger partial charge in [0.25, 0.3) is 0 Å². The van der Waals surface area contributed by atoms with E-state index in [0.717, 1.165) is 44.7 Å². The van der Waals surface area contributed by atoms with Crippen molar-refractivity contribution in [3.63, 3.8) is 0 Å². The summed E-state index contributed by atoms with van der Waals surface area (Å²) in [6.07, 6.45) is 0. The Kier molecular flexibility index (Phi) is 5.24. The van der Waals surface area contributed by atoms with Crippen LogP contribution in [-0.4, -0.2) is 5.71 Å². The zero-order chi connectivity index (χ0) is 25.6. The molecule has 0 fully saturated rings. The van der Waals surface area contributed by atoms with E-state index in [4.69, 9.17) is 9.73 Å². The molecule has 0 saturated heterocycles. The van der Waals surface area contributed by atoms with Crippen molar-refractivity contribution in [3.05, 3.63) is 179 Å². The Morgan fingerprint density at radius 2 is 0.947 bits per heavy atom. The molecule has 0 N–H and O–H groups in total. The Hall–Kier alpha value is -4.53. The molecular formula is C36H27NO. The van der Waals surface area contributed by atoms with Gasteiger partial charge in [-0.3, -0.25) is 0 Å². The van der Waals surface area contributed by atoms with Crippen LogP contribution in [-0.2, 0) is 16.1 Å². The summed E-state index contributed by atoms with van der Waals surface area (Å²) in [5.74, 6) is 0. The number of hydrogen-bond acceptors (Lipinski definition) is 2. The smallest absolute Gasteiger partial charge is 0.214 e. The van der Waals surface area contributed by atoms with Crippen LogP contribution >= 0.6 is 0 Å². The van der Waals surface area contributed by atoms with Gasteiger partial charge in [0.2, 0.25) is 5.72 Å². The summed E-state index contributed by atoms with van der Waals surface area (Å²) in [4.78, 5) is 5.58. The van der Waals surface area contributed by atoms with Crippen LogP contribution < -0.4 is 0 Å². The van der Waals surface area contributed by atoms with E-state index in [0.29, 0.717) is 0 Å². The molecular weight excluding hydrogens is 462 g/mol. The number of aryl methyl sites for hydroxylation is 1. The lowest BCUT2D eigenvalue weighted by atomic mass is 9.72. The quantitative estimate of drug-likeness (QED) is 0.244. The van der Waals surface area contributed by atoms with Crippen molar-refractivity contribution in [2.24, 2.45) is 4.99 Å². The van der Waals surface area contributed by atoms with Gasteiger partial charge in [-0.2, -0.15) is 0 Å². The Morgan fingerprint density at radius 1 is 0.474 bits per heavy atom. The van der Waals surface area contributed by atoms with E-state index in [1.807, 2.05) is 6.07 Å². The van der Waals surface area contributed by atoms with Crippen molar-refractivity contribution in [2.75, 3.05) is 0 Å². The number of rotatable bonds is 5. The fourth-order valence-corrected chi connectivity index (χ4v) is 5.97. The lowest BCUT2D eigenvalue weighted by Crippen LogP contribution is -2.35. The first-order chi connectivity index (χ1) is 18.7. The van der Waals surface area contributed by atoms with E-state index in [1.165, 1.54) is 5.56 Å². The summed E-state index contributed by atoms with van der Waals surface area (Å²) in [7, 11) is 0. The molecule has 7 rings (SSSR count).